The number of unbranched alkanes of at least 4 members (excludes halogenated alkanes) is 11. The van der Waals surface area contributed by atoms with E-state index in [0.717, 1.165) is 38.4 Å². The first-order valence-electron chi connectivity index (χ1n) is 15.2. The van der Waals surface area contributed by atoms with Gasteiger partial charge in [0.2, 0.25) is 5.43 Å². The van der Waals surface area contributed by atoms with Crippen molar-refractivity contribution in [2.75, 3.05) is 6.61 Å². The molecule has 0 unspecified atom stereocenters. The maximum atomic E-state index is 13.0. The molecule has 3 rings (SSSR count). The van der Waals surface area contributed by atoms with Gasteiger partial charge in [-0.2, -0.15) is 0 Å². The Bertz CT molecular complexity index is 1280. The Balaban J connectivity index is 1.48. The van der Waals surface area contributed by atoms with Gasteiger partial charge in [-0.1, -0.05) is 84.5 Å². The van der Waals surface area contributed by atoms with Crippen molar-refractivity contribution in [1.82, 2.24) is 0 Å². The van der Waals surface area contributed by atoms with E-state index in [1.165, 1.54) is 69.6 Å². The quantitative estimate of drug-likeness (QED) is 0.0816. The van der Waals surface area contributed by atoms with Crippen molar-refractivity contribution in [2.24, 2.45) is 0 Å². The maximum absolute atomic E-state index is 13.0. The number of hydrogen-bond donors (Lipinski definition) is 0. The topological polar surface area (TPSA) is 92.0 Å². The van der Waals surface area contributed by atoms with Crippen LogP contribution in [0.1, 0.15) is 114 Å². The average molecular weight is 565 g/mol. The van der Waals surface area contributed by atoms with Crippen LogP contribution >= 0.6 is 0 Å². The molecular weight excluding hydrogens is 520 g/mol. The van der Waals surface area contributed by atoms with E-state index in [0.29, 0.717) is 30.3 Å². The Kier molecular flexibility index (Phi) is 14.0. The van der Waals surface area contributed by atoms with E-state index in [1.54, 1.807) is 24.3 Å². The SMILES string of the molecule is CCCCCCCCCC(=O)Oc1ccc2c(=O)c(C(=O)Oc3ccc(OCCCCCCCC)cc3)coc2c1. The second-order valence-corrected chi connectivity index (χ2v) is 10.5. The number of rotatable bonds is 19. The maximum Gasteiger partial charge on any atom is 0.350 e. The molecule has 0 bridgehead atoms. The fourth-order valence-electron chi connectivity index (χ4n) is 4.56. The van der Waals surface area contributed by atoms with Crippen molar-refractivity contribution in [2.45, 2.75) is 104 Å². The third-order valence-electron chi connectivity index (χ3n) is 6.98. The molecule has 222 valence electrons. The zero-order valence-corrected chi connectivity index (χ0v) is 24.6. The second-order valence-electron chi connectivity index (χ2n) is 10.5. The van der Waals surface area contributed by atoms with Gasteiger partial charge in [-0.05, 0) is 49.2 Å². The molecule has 1 aromatic heterocycles. The Morgan fingerprint density at radius 1 is 0.683 bits per heavy atom. The molecule has 3 aromatic rings. The van der Waals surface area contributed by atoms with Crippen LogP contribution in [0.3, 0.4) is 0 Å². The van der Waals surface area contributed by atoms with Crippen LogP contribution < -0.4 is 19.6 Å². The molecule has 0 aliphatic heterocycles. The van der Waals surface area contributed by atoms with E-state index >= 15 is 0 Å². The first-order chi connectivity index (χ1) is 20.0. The number of hydrogen-bond acceptors (Lipinski definition) is 7. The highest BCUT2D eigenvalue weighted by Gasteiger charge is 2.18. The monoisotopic (exact) mass is 564 g/mol. The van der Waals surface area contributed by atoms with Gasteiger partial charge < -0.3 is 18.6 Å². The molecule has 0 saturated heterocycles. The summed E-state index contributed by atoms with van der Waals surface area (Å²) < 4.78 is 22.1. The molecule has 0 N–H and O–H groups in total. The van der Waals surface area contributed by atoms with E-state index in [-0.39, 0.29) is 22.5 Å². The zero-order chi connectivity index (χ0) is 29.3. The van der Waals surface area contributed by atoms with Crippen molar-refractivity contribution >= 4 is 22.9 Å². The fraction of sp³-hybridized carbons (Fsp3) is 0.500. The van der Waals surface area contributed by atoms with Crippen LogP contribution in [0.5, 0.6) is 17.2 Å². The molecule has 41 heavy (non-hydrogen) atoms. The smallest absolute Gasteiger partial charge is 0.350 e. The predicted octanol–water partition coefficient (Wildman–Crippen LogP) is 8.80. The van der Waals surface area contributed by atoms with Gasteiger partial charge in [-0.3, -0.25) is 9.59 Å². The van der Waals surface area contributed by atoms with Gasteiger partial charge in [-0.15, -0.1) is 0 Å². The van der Waals surface area contributed by atoms with Gasteiger partial charge >= 0.3 is 11.9 Å². The average Bonchev–Trinajstić information content (AvgIpc) is 2.97. The normalized spacial score (nSPS) is 11.0. The molecule has 0 radical (unpaired) electrons. The van der Waals surface area contributed by atoms with Crippen LogP contribution in [0.4, 0.5) is 0 Å². The molecule has 7 heteroatoms. The minimum Gasteiger partial charge on any atom is -0.494 e. The first kappa shape index (κ1) is 31.9. The third kappa shape index (κ3) is 11.1. The van der Waals surface area contributed by atoms with Gasteiger partial charge in [0.15, 0.2) is 0 Å². The highest BCUT2D eigenvalue weighted by molar-refractivity contribution is 5.94. The van der Waals surface area contributed by atoms with Gasteiger partial charge in [0, 0.05) is 12.5 Å². The van der Waals surface area contributed by atoms with Gasteiger partial charge in [-0.25, -0.2) is 4.79 Å². The van der Waals surface area contributed by atoms with Gasteiger partial charge in [0.25, 0.3) is 0 Å². The Morgan fingerprint density at radius 2 is 1.27 bits per heavy atom. The highest BCUT2D eigenvalue weighted by Crippen LogP contribution is 2.22. The van der Waals surface area contributed by atoms with Crippen LogP contribution in [0.15, 0.2) is 57.9 Å². The molecule has 0 aliphatic carbocycles. The molecule has 0 saturated carbocycles. The van der Waals surface area contributed by atoms with Crippen molar-refractivity contribution < 1.29 is 28.2 Å². The lowest BCUT2D eigenvalue weighted by Gasteiger charge is -2.08. The second kappa shape index (κ2) is 17.9. The summed E-state index contributed by atoms with van der Waals surface area (Å²) in [6.07, 6.45) is 16.4. The zero-order valence-electron chi connectivity index (χ0n) is 24.6. The summed E-state index contributed by atoms with van der Waals surface area (Å²) in [5.41, 5.74) is -0.514. The van der Waals surface area contributed by atoms with Crippen LogP contribution in [-0.2, 0) is 4.79 Å². The van der Waals surface area contributed by atoms with E-state index in [9.17, 15) is 14.4 Å². The lowest BCUT2D eigenvalue weighted by Crippen LogP contribution is -2.19. The Morgan fingerprint density at radius 3 is 1.95 bits per heavy atom. The highest BCUT2D eigenvalue weighted by atomic mass is 16.5. The summed E-state index contributed by atoms with van der Waals surface area (Å²) in [5.74, 6) is 0.153. The summed E-state index contributed by atoms with van der Waals surface area (Å²) in [6, 6.07) is 11.2. The third-order valence-corrected chi connectivity index (χ3v) is 6.98. The summed E-state index contributed by atoms with van der Waals surface area (Å²) in [5, 5.41) is 0.199. The van der Waals surface area contributed by atoms with E-state index in [1.807, 2.05) is 0 Å². The van der Waals surface area contributed by atoms with Crippen molar-refractivity contribution in [3.05, 3.63) is 64.5 Å². The Labute approximate surface area is 243 Å². The summed E-state index contributed by atoms with van der Waals surface area (Å²) in [4.78, 5) is 37.9. The molecule has 0 spiro atoms. The molecule has 0 amide bonds. The number of fused-ring (bicyclic) bond motifs is 1. The van der Waals surface area contributed by atoms with Crippen molar-refractivity contribution in [3.63, 3.8) is 0 Å². The standard InChI is InChI=1S/C34H44O7/c1-3-5-7-9-11-12-14-16-32(35)40-28-21-22-29-31(24-28)39-25-30(33(29)36)34(37)41-27-19-17-26(18-20-27)38-23-15-13-10-8-6-4-2/h17-22,24-25H,3-16,23H2,1-2H3. The summed E-state index contributed by atoms with van der Waals surface area (Å²) in [6.45, 7) is 5.04. The predicted molar refractivity (Wildman–Crippen MR) is 161 cm³/mol. The molecule has 2 aromatic carbocycles. The summed E-state index contributed by atoms with van der Waals surface area (Å²) >= 11 is 0. The Hall–Kier alpha value is -3.61. The number of benzene rings is 2. The van der Waals surface area contributed by atoms with Crippen molar-refractivity contribution in [1.29, 1.82) is 0 Å². The molecule has 1 heterocycles. The molecule has 0 atom stereocenters. The van der Waals surface area contributed by atoms with Crippen LogP contribution in [0, 0.1) is 0 Å². The van der Waals surface area contributed by atoms with E-state index < -0.39 is 11.4 Å². The number of carbonyl (C=O) groups is 2. The number of esters is 2. The minimum absolute atomic E-state index is 0.199. The first-order valence-corrected chi connectivity index (χ1v) is 15.2. The van der Waals surface area contributed by atoms with Crippen LogP contribution in [-0.4, -0.2) is 18.5 Å². The van der Waals surface area contributed by atoms with E-state index in [4.69, 9.17) is 18.6 Å². The largest absolute Gasteiger partial charge is 0.494 e. The lowest BCUT2D eigenvalue weighted by molar-refractivity contribution is -0.134. The fourth-order valence-corrected chi connectivity index (χ4v) is 4.56. The molecule has 0 fully saturated rings. The lowest BCUT2D eigenvalue weighted by atomic mass is 10.1. The van der Waals surface area contributed by atoms with Gasteiger partial charge in [0.05, 0.1) is 12.0 Å². The van der Waals surface area contributed by atoms with E-state index in [2.05, 4.69) is 13.8 Å². The summed E-state index contributed by atoms with van der Waals surface area (Å²) in [7, 11) is 0. The van der Waals surface area contributed by atoms with Gasteiger partial charge in [0.1, 0.15) is 34.7 Å². The van der Waals surface area contributed by atoms with Crippen molar-refractivity contribution in [3.8, 4) is 17.2 Å². The molecule has 0 aliphatic rings. The molecule has 7 nitrogen and oxygen atoms in total. The van der Waals surface area contributed by atoms with Crippen LogP contribution in [0.25, 0.3) is 11.0 Å². The minimum atomic E-state index is -0.813. The number of carbonyl (C=O) groups excluding carboxylic acids is 2. The number of ether oxygens (including phenoxy) is 3. The molecular formula is C34H44O7. The van der Waals surface area contributed by atoms with Crippen LogP contribution in [0.2, 0.25) is 0 Å².